The van der Waals surface area contributed by atoms with Gasteiger partial charge in [-0.15, -0.1) is 6.42 Å². The summed E-state index contributed by atoms with van der Waals surface area (Å²) < 4.78 is 29.2. The second-order valence-corrected chi connectivity index (χ2v) is 6.09. The Balaban J connectivity index is 2.84. The fraction of sp³-hybridized carbons (Fsp3) is 0.0625. The van der Waals surface area contributed by atoms with E-state index >= 15 is 0 Å². The summed E-state index contributed by atoms with van der Waals surface area (Å²) >= 11 is 0. The fourth-order valence-electron chi connectivity index (χ4n) is 2.06. The molecule has 0 radical (unpaired) electrons. The second-order valence-electron chi connectivity index (χ2n) is 4.56. The van der Waals surface area contributed by atoms with Crippen molar-refractivity contribution in [1.29, 1.82) is 0 Å². The highest BCUT2D eigenvalue weighted by atomic mass is 32.2. The highest BCUT2D eigenvalue weighted by Gasteiger charge is 2.23. The van der Waals surface area contributed by atoms with Crippen molar-refractivity contribution in [3.63, 3.8) is 0 Å². The molecule has 2 rings (SSSR count). The summed E-state index contributed by atoms with van der Waals surface area (Å²) in [5.41, 5.74) is 0.426. The van der Waals surface area contributed by atoms with E-state index in [1.165, 1.54) is 6.07 Å². The van der Waals surface area contributed by atoms with Crippen LogP contribution in [0.15, 0.2) is 47.4 Å². The lowest BCUT2D eigenvalue weighted by Gasteiger charge is -2.15. The molecule has 6 nitrogen and oxygen atoms in total. The number of hydrogen-bond acceptors (Lipinski definition) is 4. The van der Waals surface area contributed by atoms with E-state index in [4.69, 9.17) is 21.4 Å². The number of carboxylic acids is 1. The molecule has 2 aromatic rings. The van der Waals surface area contributed by atoms with Crippen LogP contribution in [-0.4, -0.2) is 26.1 Å². The van der Waals surface area contributed by atoms with Crippen LogP contribution in [0.25, 0.3) is 11.1 Å². The van der Waals surface area contributed by atoms with Crippen LogP contribution >= 0.6 is 0 Å². The minimum atomic E-state index is -4.18. The van der Waals surface area contributed by atoms with Crippen LogP contribution in [0.1, 0.15) is 10.4 Å². The monoisotopic (exact) mass is 331 g/mol. The van der Waals surface area contributed by atoms with Gasteiger partial charge < -0.3 is 9.84 Å². The quantitative estimate of drug-likeness (QED) is 0.811. The molecule has 2 aromatic carbocycles. The van der Waals surface area contributed by atoms with E-state index in [-0.39, 0.29) is 28.4 Å². The number of benzene rings is 2. The molecule has 0 aliphatic rings. The first-order chi connectivity index (χ1) is 10.8. The molecule has 0 amide bonds. The predicted molar refractivity (Wildman–Crippen MR) is 84.5 cm³/mol. The van der Waals surface area contributed by atoms with Crippen LogP contribution < -0.4 is 9.88 Å². The van der Waals surface area contributed by atoms with Crippen molar-refractivity contribution in [1.82, 2.24) is 0 Å². The average molecular weight is 331 g/mol. The molecule has 7 heteroatoms. The minimum absolute atomic E-state index is 0.0399. The van der Waals surface area contributed by atoms with Gasteiger partial charge in [0.2, 0.25) is 10.0 Å². The zero-order valence-corrected chi connectivity index (χ0v) is 12.7. The summed E-state index contributed by atoms with van der Waals surface area (Å²) in [6.07, 6.45) is 5.15. The van der Waals surface area contributed by atoms with Gasteiger partial charge in [0.15, 0.2) is 0 Å². The maximum atomic E-state index is 11.9. The van der Waals surface area contributed by atoms with Gasteiger partial charge in [-0.1, -0.05) is 36.3 Å². The molecule has 0 bridgehead atoms. The van der Waals surface area contributed by atoms with Crippen LogP contribution in [0.3, 0.4) is 0 Å². The van der Waals surface area contributed by atoms with Crippen LogP contribution in [0.4, 0.5) is 0 Å². The SMILES string of the molecule is C#CCOc1cc(C(=O)O)cc(S(N)(=O)=O)c1-c1ccccc1. The molecule has 118 valence electrons. The van der Waals surface area contributed by atoms with E-state index in [0.717, 1.165) is 6.07 Å². The Morgan fingerprint density at radius 3 is 2.43 bits per heavy atom. The molecule has 0 fully saturated rings. The topological polar surface area (TPSA) is 107 Å². The van der Waals surface area contributed by atoms with Crippen molar-refractivity contribution in [2.24, 2.45) is 5.14 Å². The predicted octanol–water partition coefficient (Wildman–Crippen LogP) is 1.71. The van der Waals surface area contributed by atoms with Gasteiger partial charge in [0.25, 0.3) is 0 Å². The Labute approximate surface area is 133 Å². The second kappa shape index (κ2) is 6.52. The van der Waals surface area contributed by atoms with Crippen molar-refractivity contribution >= 4 is 16.0 Å². The largest absolute Gasteiger partial charge is 0.480 e. The van der Waals surface area contributed by atoms with Crippen molar-refractivity contribution in [3.05, 3.63) is 48.0 Å². The summed E-state index contributed by atoms with van der Waals surface area (Å²) in [7, 11) is -4.18. The first-order valence-electron chi connectivity index (χ1n) is 6.40. The normalized spacial score (nSPS) is 10.8. The number of ether oxygens (including phenoxy) is 1. The third kappa shape index (κ3) is 3.69. The molecule has 0 saturated heterocycles. The highest BCUT2D eigenvalue weighted by molar-refractivity contribution is 7.89. The smallest absolute Gasteiger partial charge is 0.335 e. The number of aromatic carboxylic acids is 1. The van der Waals surface area contributed by atoms with Gasteiger partial charge in [0, 0.05) is 5.56 Å². The minimum Gasteiger partial charge on any atom is -0.480 e. The third-order valence-electron chi connectivity index (χ3n) is 2.99. The van der Waals surface area contributed by atoms with Crippen LogP contribution in [0.5, 0.6) is 5.75 Å². The van der Waals surface area contributed by atoms with E-state index in [1.807, 2.05) is 0 Å². The molecule has 0 atom stereocenters. The maximum Gasteiger partial charge on any atom is 0.335 e. The van der Waals surface area contributed by atoms with E-state index in [0.29, 0.717) is 5.56 Å². The Morgan fingerprint density at radius 2 is 1.91 bits per heavy atom. The van der Waals surface area contributed by atoms with Crippen molar-refractivity contribution < 1.29 is 23.1 Å². The molecular weight excluding hydrogens is 318 g/mol. The summed E-state index contributed by atoms with van der Waals surface area (Å²) in [6.45, 7) is -0.146. The summed E-state index contributed by atoms with van der Waals surface area (Å²) in [5.74, 6) is 0.986. The van der Waals surface area contributed by atoms with E-state index < -0.39 is 16.0 Å². The number of hydrogen-bond donors (Lipinski definition) is 2. The summed E-state index contributed by atoms with van der Waals surface area (Å²) in [4.78, 5) is 10.9. The Bertz CT molecular complexity index is 883. The number of carboxylic acid groups (broad SMARTS) is 1. The van der Waals surface area contributed by atoms with Crippen LogP contribution in [0, 0.1) is 12.3 Å². The zero-order chi connectivity index (χ0) is 17.0. The molecule has 0 aliphatic heterocycles. The lowest BCUT2D eigenvalue weighted by Crippen LogP contribution is -2.15. The number of terminal acetylenes is 1. The third-order valence-corrected chi connectivity index (χ3v) is 3.93. The molecule has 0 saturated carbocycles. The average Bonchev–Trinajstić information content (AvgIpc) is 2.51. The lowest BCUT2D eigenvalue weighted by atomic mass is 10.0. The first kappa shape index (κ1) is 16.5. The molecule has 0 aromatic heterocycles. The molecule has 0 heterocycles. The number of primary sulfonamides is 1. The molecule has 0 aliphatic carbocycles. The maximum absolute atomic E-state index is 11.9. The number of sulfonamides is 1. The molecular formula is C16H13NO5S. The van der Waals surface area contributed by atoms with E-state index in [2.05, 4.69) is 5.92 Å². The summed E-state index contributed by atoms with van der Waals surface area (Å²) in [6, 6.07) is 10.7. The Morgan fingerprint density at radius 1 is 1.26 bits per heavy atom. The molecule has 3 N–H and O–H groups in total. The van der Waals surface area contributed by atoms with Gasteiger partial charge in [-0.2, -0.15) is 0 Å². The molecule has 23 heavy (non-hydrogen) atoms. The van der Waals surface area contributed by atoms with Gasteiger partial charge >= 0.3 is 5.97 Å². The van der Waals surface area contributed by atoms with Gasteiger partial charge in [-0.25, -0.2) is 18.4 Å². The van der Waals surface area contributed by atoms with Gasteiger partial charge in [-0.05, 0) is 17.7 Å². The van der Waals surface area contributed by atoms with Gasteiger partial charge in [0.05, 0.1) is 10.5 Å². The van der Waals surface area contributed by atoms with E-state index in [1.54, 1.807) is 30.3 Å². The number of rotatable bonds is 5. The van der Waals surface area contributed by atoms with Crippen molar-refractivity contribution in [3.8, 4) is 29.2 Å². The number of carbonyl (C=O) groups is 1. The van der Waals surface area contributed by atoms with E-state index in [9.17, 15) is 13.2 Å². The van der Waals surface area contributed by atoms with Crippen LogP contribution in [-0.2, 0) is 10.0 Å². The Kier molecular flexibility index (Phi) is 4.69. The van der Waals surface area contributed by atoms with Crippen molar-refractivity contribution in [2.45, 2.75) is 4.90 Å². The standard InChI is InChI=1S/C16H13NO5S/c1-2-8-22-13-9-12(16(18)19)10-14(23(17,20)21)15(13)11-6-4-3-5-7-11/h1,3-7,9-10H,8H2,(H,18,19)(H2,17,20,21). The van der Waals surface area contributed by atoms with Crippen molar-refractivity contribution in [2.75, 3.05) is 6.61 Å². The summed E-state index contributed by atoms with van der Waals surface area (Å²) in [5, 5.41) is 14.4. The molecule has 0 unspecified atom stereocenters. The lowest BCUT2D eigenvalue weighted by molar-refractivity contribution is 0.0696. The highest BCUT2D eigenvalue weighted by Crippen LogP contribution is 2.37. The fourth-order valence-corrected chi connectivity index (χ4v) is 2.85. The molecule has 0 spiro atoms. The van der Waals surface area contributed by atoms with Crippen LogP contribution in [0.2, 0.25) is 0 Å². The zero-order valence-electron chi connectivity index (χ0n) is 11.9. The van der Waals surface area contributed by atoms with Gasteiger partial charge in [0.1, 0.15) is 12.4 Å². The Hall–Kier alpha value is -2.82. The first-order valence-corrected chi connectivity index (χ1v) is 7.95. The van der Waals surface area contributed by atoms with Gasteiger partial charge in [-0.3, -0.25) is 0 Å². The number of nitrogens with two attached hydrogens (primary N) is 1.